The van der Waals surface area contributed by atoms with E-state index < -0.39 is 0 Å². The number of hydrogen-bond acceptors (Lipinski definition) is 1. The summed E-state index contributed by atoms with van der Waals surface area (Å²) in [5.41, 5.74) is 0. The van der Waals surface area contributed by atoms with Crippen LogP contribution in [0.1, 0.15) is 194 Å². The fourth-order valence-corrected chi connectivity index (χ4v) is 4.95. The highest BCUT2D eigenvalue weighted by Gasteiger charge is 2.02. The first kappa shape index (κ1) is 36.1. The van der Waals surface area contributed by atoms with Crippen LogP contribution in [0.2, 0.25) is 0 Å². The molecule has 0 amide bonds. The van der Waals surface area contributed by atoms with Gasteiger partial charge in [0.05, 0.1) is 0 Å². The number of allylic oxidation sites excluding steroid dienone is 4. The van der Waals surface area contributed by atoms with Crippen LogP contribution in [0.5, 0.6) is 0 Å². The summed E-state index contributed by atoms with van der Waals surface area (Å²) in [6.45, 7) is 4.56. The van der Waals surface area contributed by atoms with Crippen LogP contribution in [0, 0.1) is 6.42 Å². The summed E-state index contributed by atoms with van der Waals surface area (Å²) in [5, 5.41) is 0. The van der Waals surface area contributed by atoms with Gasteiger partial charge in [-0.15, -0.1) is 0 Å². The van der Waals surface area contributed by atoms with E-state index >= 15 is 0 Å². The maximum absolute atomic E-state index is 12.1. The maximum Gasteiger partial charge on any atom is 0.136 e. The Morgan fingerprint density at radius 1 is 0.378 bits per heavy atom. The van der Waals surface area contributed by atoms with Crippen molar-refractivity contribution in [1.82, 2.24) is 0 Å². The molecule has 0 aliphatic rings. The van der Waals surface area contributed by atoms with E-state index in [9.17, 15) is 4.79 Å². The lowest BCUT2D eigenvalue weighted by Gasteiger charge is -2.03. The van der Waals surface area contributed by atoms with Crippen LogP contribution >= 0.6 is 0 Å². The molecule has 0 heterocycles. The van der Waals surface area contributed by atoms with Gasteiger partial charge in [0, 0.05) is 12.8 Å². The molecular weight excluding hydrogens is 448 g/mol. The largest absolute Gasteiger partial charge is 0.299 e. The zero-order chi connectivity index (χ0) is 26.9. The second-order valence-electron chi connectivity index (χ2n) is 11.4. The number of carbonyl (C=O) groups excluding carboxylic acids is 1. The molecule has 0 bridgehead atoms. The van der Waals surface area contributed by atoms with Crippen LogP contribution in [0.3, 0.4) is 0 Å². The summed E-state index contributed by atoms with van der Waals surface area (Å²) >= 11 is 0. The first-order chi connectivity index (χ1) is 18.3. The Hall–Kier alpha value is -0.850. The molecule has 0 aliphatic heterocycles. The third-order valence-corrected chi connectivity index (χ3v) is 7.52. The normalized spacial score (nSPS) is 11.8. The average molecular weight is 516 g/mol. The Balaban J connectivity index is 3.23. The van der Waals surface area contributed by atoms with Crippen LogP contribution in [0.15, 0.2) is 24.3 Å². The van der Waals surface area contributed by atoms with Crippen molar-refractivity contribution in [3.05, 3.63) is 30.7 Å². The lowest BCUT2D eigenvalue weighted by Crippen LogP contribution is -1.98. The quantitative estimate of drug-likeness (QED) is 0.0662. The molecule has 0 fully saturated rings. The summed E-state index contributed by atoms with van der Waals surface area (Å²) in [4.78, 5) is 12.1. The minimum Gasteiger partial charge on any atom is -0.299 e. The molecule has 0 aromatic carbocycles. The van der Waals surface area contributed by atoms with Crippen molar-refractivity contribution in [2.75, 3.05) is 0 Å². The second-order valence-corrected chi connectivity index (χ2v) is 11.4. The molecule has 1 radical (unpaired) electrons. The fourth-order valence-electron chi connectivity index (χ4n) is 4.95. The Labute approximate surface area is 234 Å². The molecule has 0 spiro atoms. The number of hydrogen-bond donors (Lipinski definition) is 0. The van der Waals surface area contributed by atoms with Gasteiger partial charge in [0.1, 0.15) is 5.78 Å². The average Bonchev–Trinajstić information content (AvgIpc) is 2.90. The summed E-state index contributed by atoms with van der Waals surface area (Å²) in [7, 11) is 0. The Kier molecular flexibility index (Phi) is 32.4. The maximum atomic E-state index is 12.1. The van der Waals surface area contributed by atoms with Crippen LogP contribution in [0.25, 0.3) is 0 Å². The van der Waals surface area contributed by atoms with E-state index in [0.717, 1.165) is 19.3 Å². The summed E-state index contributed by atoms with van der Waals surface area (Å²) in [6.07, 6.45) is 47.7. The Morgan fingerprint density at radius 2 is 0.676 bits per heavy atom. The first-order valence-electron chi connectivity index (χ1n) is 17.0. The molecule has 37 heavy (non-hydrogen) atoms. The molecule has 0 atom stereocenters. The molecule has 0 saturated carbocycles. The molecule has 1 heteroatoms. The van der Waals surface area contributed by atoms with E-state index in [1.807, 2.05) is 6.42 Å². The van der Waals surface area contributed by atoms with Crippen molar-refractivity contribution in [1.29, 1.82) is 0 Å². The van der Waals surface area contributed by atoms with E-state index in [2.05, 4.69) is 38.2 Å². The van der Waals surface area contributed by atoms with Gasteiger partial charge in [-0.1, -0.05) is 147 Å². The molecular formula is C36H67O. The van der Waals surface area contributed by atoms with Gasteiger partial charge in [0.2, 0.25) is 0 Å². The highest BCUT2D eigenvalue weighted by atomic mass is 16.1. The van der Waals surface area contributed by atoms with Crippen LogP contribution < -0.4 is 0 Å². The third kappa shape index (κ3) is 33.1. The summed E-state index contributed by atoms with van der Waals surface area (Å²) in [6, 6.07) is 0. The van der Waals surface area contributed by atoms with Crippen molar-refractivity contribution in [2.45, 2.75) is 194 Å². The van der Waals surface area contributed by atoms with E-state index in [4.69, 9.17) is 0 Å². The zero-order valence-electron chi connectivity index (χ0n) is 25.6. The van der Waals surface area contributed by atoms with Crippen molar-refractivity contribution in [3.8, 4) is 0 Å². The Bertz CT molecular complexity index is 489. The number of rotatable bonds is 31. The smallest absolute Gasteiger partial charge is 0.136 e. The fraction of sp³-hybridized carbons (Fsp3) is 0.833. The zero-order valence-corrected chi connectivity index (χ0v) is 25.6. The number of carbonyl (C=O) groups is 1. The molecule has 217 valence electrons. The first-order valence-corrected chi connectivity index (χ1v) is 17.0. The number of Topliss-reactive ketones (excluding diaryl/α,β-unsaturated/α-hetero) is 1. The minimum atomic E-state index is 0.383. The molecule has 0 N–H and O–H groups in total. The van der Waals surface area contributed by atoms with E-state index in [0.29, 0.717) is 5.78 Å². The lowest BCUT2D eigenvalue weighted by atomic mass is 10.0. The van der Waals surface area contributed by atoms with Gasteiger partial charge in [-0.3, -0.25) is 4.79 Å². The number of ketones is 1. The van der Waals surface area contributed by atoms with Gasteiger partial charge >= 0.3 is 0 Å². The van der Waals surface area contributed by atoms with Crippen LogP contribution in [-0.4, -0.2) is 5.78 Å². The topological polar surface area (TPSA) is 17.1 Å². The monoisotopic (exact) mass is 516 g/mol. The highest BCUT2D eigenvalue weighted by Crippen LogP contribution is 2.13. The highest BCUT2D eigenvalue weighted by molar-refractivity contribution is 5.86. The van der Waals surface area contributed by atoms with Gasteiger partial charge in [0.15, 0.2) is 0 Å². The molecule has 0 unspecified atom stereocenters. The van der Waals surface area contributed by atoms with Gasteiger partial charge in [0.25, 0.3) is 0 Å². The van der Waals surface area contributed by atoms with Gasteiger partial charge in [-0.2, -0.15) is 0 Å². The summed E-state index contributed by atoms with van der Waals surface area (Å²) < 4.78 is 0. The van der Waals surface area contributed by atoms with E-state index in [-0.39, 0.29) is 0 Å². The molecule has 0 saturated heterocycles. The van der Waals surface area contributed by atoms with Crippen molar-refractivity contribution in [3.63, 3.8) is 0 Å². The second kappa shape index (κ2) is 33.2. The SMILES string of the molecule is CCCCCCCCC=CCCCCCCCC(=O)[CH]CCCCCCC/C=C\CCCCCCCC. The van der Waals surface area contributed by atoms with Gasteiger partial charge in [-0.05, 0) is 64.2 Å². The predicted molar refractivity (Wildman–Crippen MR) is 168 cm³/mol. The van der Waals surface area contributed by atoms with Gasteiger partial charge < -0.3 is 0 Å². The van der Waals surface area contributed by atoms with Crippen molar-refractivity contribution < 1.29 is 4.79 Å². The third-order valence-electron chi connectivity index (χ3n) is 7.52. The molecule has 1 nitrogen and oxygen atoms in total. The van der Waals surface area contributed by atoms with E-state index in [1.54, 1.807) is 0 Å². The minimum absolute atomic E-state index is 0.383. The molecule has 0 rings (SSSR count). The molecule has 0 aromatic heterocycles. The molecule has 0 aromatic rings. The number of unbranched alkanes of at least 4 members (excludes halogenated alkanes) is 23. The Morgan fingerprint density at radius 3 is 1.05 bits per heavy atom. The lowest BCUT2D eigenvalue weighted by molar-refractivity contribution is -0.116. The van der Waals surface area contributed by atoms with Crippen LogP contribution in [0.4, 0.5) is 0 Å². The predicted octanol–water partition coefficient (Wildman–Crippen LogP) is 12.8. The van der Waals surface area contributed by atoms with E-state index in [1.165, 1.54) is 161 Å². The summed E-state index contributed by atoms with van der Waals surface area (Å²) in [5.74, 6) is 0.383. The van der Waals surface area contributed by atoms with Crippen molar-refractivity contribution in [2.24, 2.45) is 0 Å². The molecule has 0 aliphatic carbocycles. The van der Waals surface area contributed by atoms with Crippen LogP contribution in [-0.2, 0) is 4.79 Å². The van der Waals surface area contributed by atoms with Gasteiger partial charge in [-0.25, -0.2) is 0 Å². The van der Waals surface area contributed by atoms with Crippen molar-refractivity contribution >= 4 is 5.78 Å². The standard InChI is InChI=1S/C36H67O/c1-3-5-7-9-11-13-15-17-19-21-23-25-27-29-31-33-35-36(37)34-32-30-28-26-24-22-20-18-16-14-12-10-8-6-4-2/h17-20,35H,3-16,21-34H2,1-2H3/b19-17-,20-18?.